The summed E-state index contributed by atoms with van der Waals surface area (Å²) in [6.45, 7) is 7.94. The molecular formula is C27H37N3O4S2. The van der Waals surface area contributed by atoms with Crippen LogP contribution in [0.4, 0.5) is 5.13 Å². The fourth-order valence-electron chi connectivity index (χ4n) is 6.83. The lowest BCUT2D eigenvalue weighted by atomic mass is 9.47. The van der Waals surface area contributed by atoms with E-state index in [1.54, 1.807) is 6.07 Å². The Labute approximate surface area is 220 Å². The number of aromatic nitrogens is 1. The van der Waals surface area contributed by atoms with Crippen molar-refractivity contribution in [2.45, 2.75) is 71.3 Å². The van der Waals surface area contributed by atoms with E-state index >= 15 is 0 Å². The Bertz CT molecular complexity index is 1110. The number of aliphatic hydroxyl groups excluding tert-OH is 2. The molecule has 196 valence electrons. The SMILES string of the molecule is CC1CCN(C(=O)C[C@@H]2c3nc(NC(=O)c4cccs4)sc3C[C@@H]3[C@](C)(CO)[C@H](O)CC[C@]32C)CC1. The Morgan fingerprint density at radius 2 is 2.00 bits per heavy atom. The number of aliphatic hydroxyl groups is 2. The van der Waals surface area contributed by atoms with Crippen LogP contribution in [-0.4, -0.2) is 57.7 Å². The van der Waals surface area contributed by atoms with Crippen LogP contribution < -0.4 is 5.32 Å². The molecule has 2 fully saturated rings. The lowest BCUT2D eigenvalue weighted by molar-refractivity contribution is -0.147. The van der Waals surface area contributed by atoms with Gasteiger partial charge >= 0.3 is 0 Å². The van der Waals surface area contributed by atoms with Crippen LogP contribution in [0.25, 0.3) is 0 Å². The lowest BCUT2D eigenvalue weighted by Gasteiger charge is -2.58. The van der Waals surface area contributed by atoms with Crippen LogP contribution in [0.5, 0.6) is 0 Å². The first-order chi connectivity index (χ1) is 17.2. The van der Waals surface area contributed by atoms with Gasteiger partial charge in [0.15, 0.2) is 5.13 Å². The number of rotatable bonds is 5. The molecule has 0 aromatic carbocycles. The molecule has 0 radical (unpaired) electrons. The van der Waals surface area contributed by atoms with Gasteiger partial charge in [-0.25, -0.2) is 4.98 Å². The maximum Gasteiger partial charge on any atom is 0.267 e. The summed E-state index contributed by atoms with van der Waals surface area (Å²) in [5.74, 6) is 0.515. The van der Waals surface area contributed by atoms with Crippen LogP contribution in [0, 0.1) is 22.7 Å². The van der Waals surface area contributed by atoms with Gasteiger partial charge in [0.25, 0.3) is 5.91 Å². The average molecular weight is 532 g/mol. The summed E-state index contributed by atoms with van der Waals surface area (Å²) >= 11 is 2.86. The van der Waals surface area contributed by atoms with Crippen molar-refractivity contribution in [3.05, 3.63) is 33.0 Å². The molecule has 3 aliphatic rings. The number of carbonyl (C=O) groups excluding carboxylic acids is 2. The topological polar surface area (TPSA) is 103 Å². The molecule has 1 aliphatic heterocycles. The van der Waals surface area contributed by atoms with E-state index in [1.165, 1.54) is 22.7 Å². The molecule has 2 amide bonds. The maximum atomic E-state index is 13.6. The fraction of sp³-hybridized carbons (Fsp3) is 0.667. The molecule has 0 spiro atoms. The van der Waals surface area contributed by atoms with Gasteiger partial charge < -0.3 is 15.1 Å². The van der Waals surface area contributed by atoms with Crippen LogP contribution in [0.3, 0.4) is 0 Å². The minimum Gasteiger partial charge on any atom is -0.396 e. The lowest BCUT2D eigenvalue weighted by Crippen LogP contribution is -2.57. The predicted molar refractivity (Wildman–Crippen MR) is 142 cm³/mol. The standard InChI is InChI=1S/C27H37N3O4S2/c1-16-7-10-30(11-8-16)22(33)13-17-23-19(36-25(28-23)29-24(34)18-5-4-12-35-18)14-20-26(17,2)9-6-21(32)27(20,3)15-31/h4-5,12,16-17,20-21,31-32H,6-11,13-15H2,1-3H3,(H,28,29,34)/t17-,20+,21-,26+,27+/m1/s1. The molecule has 1 saturated heterocycles. The highest BCUT2D eigenvalue weighted by molar-refractivity contribution is 7.16. The third kappa shape index (κ3) is 4.42. The molecule has 7 nitrogen and oxygen atoms in total. The number of fused-ring (bicyclic) bond motifs is 2. The number of thiophene rings is 1. The predicted octanol–water partition coefficient (Wildman–Crippen LogP) is 4.52. The number of nitrogens with zero attached hydrogens (tertiary/aromatic N) is 2. The van der Waals surface area contributed by atoms with Crippen molar-refractivity contribution in [3.63, 3.8) is 0 Å². The van der Waals surface area contributed by atoms with E-state index in [9.17, 15) is 19.8 Å². The highest BCUT2D eigenvalue weighted by Crippen LogP contribution is 2.63. The van der Waals surface area contributed by atoms with Crippen molar-refractivity contribution in [1.82, 2.24) is 9.88 Å². The molecule has 0 unspecified atom stereocenters. The van der Waals surface area contributed by atoms with Gasteiger partial charge in [-0.2, -0.15) is 0 Å². The molecular weight excluding hydrogens is 494 g/mol. The Morgan fingerprint density at radius 1 is 1.25 bits per heavy atom. The Morgan fingerprint density at radius 3 is 2.67 bits per heavy atom. The minimum absolute atomic E-state index is 0.00623. The first kappa shape index (κ1) is 25.8. The largest absolute Gasteiger partial charge is 0.396 e. The number of nitrogens with one attached hydrogen (secondary N) is 1. The smallest absolute Gasteiger partial charge is 0.267 e. The Hall–Kier alpha value is -1.81. The number of hydrogen-bond acceptors (Lipinski definition) is 7. The van der Waals surface area contributed by atoms with E-state index < -0.39 is 11.5 Å². The molecule has 9 heteroatoms. The number of amides is 2. The molecule has 5 rings (SSSR count). The summed E-state index contributed by atoms with van der Waals surface area (Å²) in [5.41, 5.74) is -0.0294. The van der Waals surface area contributed by atoms with Gasteiger partial charge in [0, 0.05) is 35.7 Å². The molecule has 2 aromatic rings. The molecule has 0 bridgehead atoms. The van der Waals surface area contributed by atoms with Crippen LogP contribution in [0.2, 0.25) is 0 Å². The molecule has 3 heterocycles. The van der Waals surface area contributed by atoms with Gasteiger partial charge in [-0.15, -0.1) is 22.7 Å². The highest BCUT2D eigenvalue weighted by Gasteiger charge is 2.59. The van der Waals surface area contributed by atoms with E-state index in [1.807, 2.05) is 23.3 Å². The second kappa shape index (κ2) is 9.82. The molecule has 5 atom stereocenters. The van der Waals surface area contributed by atoms with Gasteiger partial charge in [-0.3, -0.25) is 14.9 Å². The van der Waals surface area contributed by atoms with Crippen LogP contribution in [0.1, 0.15) is 79.0 Å². The number of likely N-dealkylation sites (tertiary alicyclic amines) is 1. The summed E-state index contributed by atoms with van der Waals surface area (Å²) in [4.78, 5) is 34.9. The minimum atomic E-state index is -0.656. The zero-order chi connectivity index (χ0) is 25.7. The van der Waals surface area contributed by atoms with Gasteiger partial charge in [0.05, 0.1) is 23.3 Å². The summed E-state index contributed by atoms with van der Waals surface area (Å²) in [7, 11) is 0. The molecule has 3 N–H and O–H groups in total. The number of thiazole rings is 1. The second-order valence-electron chi connectivity index (χ2n) is 11.6. The molecule has 2 aromatic heterocycles. The Balaban J connectivity index is 1.49. The summed E-state index contributed by atoms with van der Waals surface area (Å²) in [6, 6.07) is 3.64. The highest BCUT2D eigenvalue weighted by atomic mass is 32.1. The third-order valence-corrected chi connectivity index (χ3v) is 11.3. The summed E-state index contributed by atoms with van der Waals surface area (Å²) in [5, 5.41) is 26.8. The number of hydrogen-bond donors (Lipinski definition) is 3. The van der Waals surface area contributed by atoms with Crippen molar-refractivity contribution in [2.75, 3.05) is 25.0 Å². The van der Waals surface area contributed by atoms with Crippen molar-refractivity contribution in [1.29, 1.82) is 0 Å². The van der Waals surface area contributed by atoms with Crippen LogP contribution >= 0.6 is 22.7 Å². The molecule has 1 saturated carbocycles. The van der Waals surface area contributed by atoms with Crippen molar-refractivity contribution < 1.29 is 19.8 Å². The number of piperidine rings is 1. The second-order valence-corrected chi connectivity index (χ2v) is 13.6. The monoisotopic (exact) mass is 531 g/mol. The Kier molecular flexibility index (Phi) is 7.04. The molecule has 2 aliphatic carbocycles. The van der Waals surface area contributed by atoms with E-state index in [0.717, 1.165) is 42.9 Å². The first-order valence-electron chi connectivity index (χ1n) is 13.1. The normalized spacial score (nSPS) is 32.6. The average Bonchev–Trinajstić information content (AvgIpc) is 3.53. The van der Waals surface area contributed by atoms with Gasteiger partial charge in [-0.1, -0.05) is 26.8 Å². The van der Waals surface area contributed by atoms with Crippen molar-refractivity contribution in [3.8, 4) is 0 Å². The number of carbonyl (C=O) groups is 2. The summed E-state index contributed by atoms with van der Waals surface area (Å²) in [6.07, 6.45) is 3.90. The fourth-order valence-corrected chi connectivity index (χ4v) is 8.51. The first-order valence-corrected chi connectivity index (χ1v) is 14.8. The van der Waals surface area contributed by atoms with E-state index in [-0.39, 0.29) is 35.7 Å². The van der Waals surface area contributed by atoms with Crippen LogP contribution in [0.15, 0.2) is 17.5 Å². The van der Waals surface area contributed by atoms with E-state index in [0.29, 0.717) is 35.2 Å². The maximum absolute atomic E-state index is 13.6. The van der Waals surface area contributed by atoms with Crippen LogP contribution in [-0.2, 0) is 11.2 Å². The summed E-state index contributed by atoms with van der Waals surface area (Å²) < 4.78 is 0. The number of anilines is 1. The zero-order valence-electron chi connectivity index (χ0n) is 21.3. The van der Waals surface area contributed by atoms with Crippen molar-refractivity contribution in [2.24, 2.45) is 22.7 Å². The zero-order valence-corrected chi connectivity index (χ0v) is 23.0. The van der Waals surface area contributed by atoms with E-state index in [2.05, 4.69) is 19.2 Å². The van der Waals surface area contributed by atoms with Gasteiger partial charge in [-0.05, 0) is 60.8 Å². The van der Waals surface area contributed by atoms with E-state index in [4.69, 9.17) is 4.98 Å². The van der Waals surface area contributed by atoms with Crippen molar-refractivity contribution >= 4 is 39.6 Å². The van der Waals surface area contributed by atoms with Gasteiger partial charge in [0.1, 0.15) is 0 Å². The quantitative estimate of drug-likeness (QED) is 0.526. The molecule has 36 heavy (non-hydrogen) atoms. The third-order valence-electron chi connectivity index (χ3n) is 9.37. The van der Waals surface area contributed by atoms with Gasteiger partial charge in [0.2, 0.25) is 5.91 Å².